The molecule has 1 saturated heterocycles. The number of carbonyl (C=O) groups is 1. The van der Waals surface area contributed by atoms with Crippen LogP contribution in [0.15, 0.2) is 53.3 Å². The van der Waals surface area contributed by atoms with Gasteiger partial charge in [-0.25, -0.2) is 9.97 Å². The first-order valence-corrected chi connectivity index (χ1v) is 8.58. The lowest BCUT2D eigenvalue weighted by atomic mass is 10.2. The second kappa shape index (κ2) is 6.20. The van der Waals surface area contributed by atoms with Gasteiger partial charge in [0.15, 0.2) is 0 Å². The monoisotopic (exact) mass is 382 g/mol. The third-order valence-electron chi connectivity index (χ3n) is 4.11. The molecule has 1 aliphatic heterocycles. The predicted octanol–water partition coefficient (Wildman–Crippen LogP) is 4.26. The smallest absolute Gasteiger partial charge is 0.227 e. The first-order chi connectivity index (χ1) is 11.7. The van der Waals surface area contributed by atoms with Crippen molar-refractivity contribution in [2.45, 2.75) is 12.8 Å². The van der Waals surface area contributed by atoms with Gasteiger partial charge in [0, 0.05) is 34.2 Å². The molecule has 0 unspecified atom stereocenters. The van der Waals surface area contributed by atoms with Gasteiger partial charge in [0.25, 0.3) is 0 Å². The second-order valence-electron chi connectivity index (χ2n) is 5.70. The van der Waals surface area contributed by atoms with Crippen molar-refractivity contribution in [3.05, 3.63) is 53.3 Å². The van der Waals surface area contributed by atoms with Crippen molar-refractivity contribution in [3.8, 4) is 0 Å². The van der Waals surface area contributed by atoms with E-state index in [0.717, 1.165) is 45.5 Å². The second-order valence-corrected chi connectivity index (χ2v) is 6.62. The molecular weight excluding hydrogens is 368 g/mol. The Morgan fingerprint density at radius 3 is 2.67 bits per heavy atom. The van der Waals surface area contributed by atoms with Gasteiger partial charge in [-0.1, -0.05) is 15.9 Å². The lowest BCUT2D eigenvalue weighted by Gasteiger charge is -2.16. The van der Waals surface area contributed by atoms with E-state index in [0.29, 0.717) is 6.42 Å². The van der Waals surface area contributed by atoms with Gasteiger partial charge in [-0.15, -0.1) is 0 Å². The van der Waals surface area contributed by atoms with Crippen LogP contribution in [0.4, 0.5) is 17.2 Å². The first kappa shape index (κ1) is 15.1. The van der Waals surface area contributed by atoms with Gasteiger partial charge >= 0.3 is 0 Å². The molecule has 4 rings (SSSR count). The fourth-order valence-electron chi connectivity index (χ4n) is 2.91. The van der Waals surface area contributed by atoms with Crippen molar-refractivity contribution in [1.82, 2.24) is 9.97 Å². The first-order valence-electron chi connectivity index (χ1n) is 7.78. The Hall–Kier alpha value is -2.47. The van der Waals surface area contributed by atoms with Crippen LogP contribution in [0.5, 0.6) is 0 Å². The van der Waals surface area contributed by atoms with Gasteiger partial charge in [0.1, 0.15) is 12.1 Å². The summed E-state index contributed by atoms with van der Waals surface area (Å²) in [4.78, 5) is 22.3. The minimum absolute atomic E-state index is 0.197. The van der Waals surface area contributed by atoms with Gasteiger partial charge in [-0.2, -0.15) is 0 Å². The normalized spacial score (nSPS) is 14.4. The maximum absolute atomic E-state index is 11.8. The molecule has 120 valence electrons. The van der Waals surface area contributed by atoms with Crippen LogP contribution in [0.3, 0.4) is 0 Å². The molecule has 0 atom stereocenters. The Kier molecular flexibility index (Phi) is 3.90. The number of aromatic nitrogens is 2. The molecule has 5 nitrogen and oxygen atoms in total. The molecule has 0 radical (unpaired) electrons. The van der Waals surface area contributed by atoms with E-state index in [9.17, 15) is 4.79 Å². The van der Waals surface area contributed by atoms with E-state index in [1.807, 2.05) is 47.4 Å². The Morgan fingerprint density at radius 1 is 1.08 bits per heavy atom. The van der Waals surface area contributed by atoms with Crippen LogP contribution in [-0.4, -0.2) is 22.4 Å². The molecule has 6 heteroatoms. The van der Waals surface area contributed by atoms with Gasteiger partial charge in [-0.3, -0.25) is 4.79 Å². The lowest BCUT2D eigenvalue weighted by Crippen LogP contribution is -2.23. The van der Waals surface area contributed by atoms with Gasteiger partial charge in [-0.05, 0) is 48.9 Å². The largest absolute Gasteiger partial charge is 0.340 e. The Balaban J connectivity index is 1.62. The molecule has 0 aliphatic carbocycles. The SMILES string of the molecule is O=C1CCCN1c1ccc(Nc2ncnc3ccc(Br)cc23)cc1. The molecule has 0 spiro atoms. The maximum Gasteiger partial charge on any atom is 0.227 e. The number of hydrogen-bond acceptors (Lipinski definition) is 4. The Labute approximate surface area is 147 Å². The minimum Gasteiger partial charge on any atom is -0.340 e. The maximum atomic E-state index is 11.8. The molecule has 1 amide bonds. The molecule has 0 saturated carbocycles. The zero-order valence-corrected chi connectivity index (χ0v) is 14.5. The number of fused-ring (bicyclic) bond motifs is 1. The molecule has 2 heterocycles. The molecule has 2 aromatic carbocycles. The van der Waals surface area contributed by atoms with Crippen molar-refractivity contribution >= 4 is 49.9 Å². The number of hydrogen-bond donors (Lipinski definition) is 1. The summed E-state index contributed by atoms with van der Waals surface area (Å²) in [6.45, 7) is 0.802. The van der Waals surface area contributed by atoms with E-state index in [-0.39, 0.29) is 5.91 Å². The summed E-state index contributed by atoms with van der Waals surface area (Å²) in [5, 5.41) is 4.28. The molecule has 1 aromatic heterocycles. The molecule has 3 aromatic rings. The van der Waals surface area contributed by atoms with Crippen LogP contribution in [0.2, 0.25) is 0 Å². The highest BCUT2D eigenvalue weighted by Crippen LogP contribution is 2.28. The van der Waals surface area contributed by atoms with Crippen molar-refractivity contribution in [2.75, 3.05) is 16.8 Å². The van der Waals surface area contributed by atoms with Crippen LogP contribution in [0.1, 0.15) is 12.8 Å². The van der Waals surface area contributed by atoms with E-state index >= 15 is 0 Å². The fraction of sp³-hybridized carbons (Fsp3) is 0.167. The Bertz CT molecular complexity index is 911. The molecule has 0 bridgehead atoms. The van der Waals surface area contributed by atoms with E-state index in [4.69, 9.17) is 0 Å². The molecular formula is C18H15BrN4O. The molecule has 1 N–H and O–H groups in total. The number of halogens is 1. The van der Waals surface area contributed by atoms with Gasteiger partial charge in [0.2, 0.25) is 5.91 Å². The van der Waals surface area contributed by atoms with E-state index in [1.54, 1.807) is 6.33 Å². The van der Waals surface area contributed by atoms with Crippen molar-refractivity contribution in [2.24, 2.45) is 0 Å². The number of rotatable bonds is 3. The lowest BCUT2D eigenvalue weighted by molar-refractivity contribution is -0.117. The average Bonchev–Trinajstić information content (AvgIpc) is 3.02. The number of benzene rings is 2. The molecule has 1 aliphatic rings. The summed E-state index contributed by atoms with van der Waals surface area (Å²) in [5.74, 6) is 0.952. The highest BCUT2D eigenvalue weighted by Gasteiger charge is 2.21. The number of nitrogens with one attached hydrogen (secondary N) is 1. The van der Waals surface area contributed by atoms with Crippen LogP contribution in [0.25, 0.3) is 10.9 Å². The number of amides is 1. The number of nitrogens with zero attached hydrogens (tertiary/aromatic N) is 3. The van der Waals surface area contributed by atoms with E-state index in [2.05, 4.69) is 31.2 Å². The quantitative estimate of drug-likeness (QED) is 0.734. The van der Waals surface area contributed by atoms with E-state index < -0.39 is 0 Å². The van der Waals surface area contributed by atoms with Gasteiger partial charge < -0.3 is 10.2 Å². The number of anilines is 3. The average molecular weight is 383 g/mol. The third kappa shape index (κ3) is 2.85. The number of carbonyl (C=O) groups excluding carboxylic acids is 1. The van der Waals surface area contributed by atoms with Crippen molar-refractivity contribution in [1.29, 1.82) is 0 Å². The summed E-state index contributed by atoms with van der Waals surface area (Å²) < 4.78 is 0.982. The highest BCUT2D eigenvalue weighted by atomic mass is 79.9. The summed E-state index contributed by atoms with van der Waals surface area (Å²) >= 11 is 3.48. The molecule has 24 heavy (non-hydrogen) atoms. The zero-order chi connectivity index (χ0) is 16.5. The standard InChI is InChI=1S/C18H15BrN4O/c19-12-3-8-16-15(10-12)18(21-11-20-16)22-13-4-6-14(7-5-13)23-9-1-2-17(23)24/h3-8,10-11H,1-2,9H2,(H,20,21,22). The van der Waals surface area contributed by atoms with Gasteiger partial charge in [0.05, 0.1) is 5.52 Å². The summed E-state index contributed by atoms with van der Waals surface area (Å²) in [6.07, 6.45) is 3.12. The zero-order valence-electron chi connectivity index (χ0n) is 12.9. The summed E-state index contributed by atoms with van der Waals surface area (Å²) in [6, 6.07) is 13.8. The topological polar surface area (TPSA) is 58.1 Å². The Morgan fingerprint density at radius 2 is 1.92 bits per heavy atom. The fourth-order valence-corrected chi connectivity index (χ4v) is 3.27. The summed E-state index contributed by atoms with van der Waals surface area (Å²) in [5.41, 5.74) is 2.75. The van der Waals surface area contributed by atoms with Crippen LogP contribution >= 0.6 is 15.9 Å². The van der Waals surface area contributed by atoms with Crippen LogP contribution in [-0.2, 0) is 4.79 Å². The van der Waals surface area contributed by atoms with Crippen molar-refractivity contribution < 1.29 is 4.79 Å². The van der Waals surface area contributed by atoms with Crippen LogP contribution < -0.4 is 10.2 Å². The third-order valence-corrected chi connectivity index (χ3v) is 4.61. The predicted molar refractivity (Wildman–Crippen MR) is 98.5 cm³/mol. The summed E-state index contributed by atoms with van der Waals surface area (Å²) in [7, 11) is 0. The van der Waals surface area contributed by atoms with Crippen LogP contribution in [0, 0.1) is 0 Å². The highest BCUT2D eigenvalue weighted by molar-refractivity contribution is 9.10. The molecule has 1 fully saturated rings. The van der Waals surface area contributed by atoms with Crippen molar-refractivity contribution in [3.63, 3.8) is 0 Å². The van der Waals surface area contributed by atoms with E-state index in [1.165, 1.54) is 0 Å². The minimum atomic E-state index is 0.197.